The van der Waals surface area contributed by atoms with Gasteiger partial charge in [0.15, 0.2) is 17.5 Å². The minimum Gasteiger partial charge on any atom is -0.504 e. The van der Waals surface area contributed by atoms with Crippen molar-refractivity contribution >= 4 is 11.9 Å². The largest absolute Gasteiger partial charge is 0.504 e. The molecular formula is C33H54N4O5. The molecule has 0 aromatic heterocycles. The molecule has 1 aromatic carbocycles. The summed E-state index contributed by atoms with van der Waals surface area (Å²) in [6, 6.07) is 5.88. The van der Waals surface area contributed by atoms with Gasteiger partial charge in [0.1, 0.15) is 12.2 Å². The van der Waals surface area contributed by atoms with Crippen LogP contribution in [0.25, 0.3) is 0 Å². The molecule has 4 rings (SSSR count). The lowest BCUT2D eigenvalue weighted by molar-refractivity contribution is -0.148. The molecule has 2 aliphatic carbocycles. The molecule has 5 atom stereocenters. The first-order valence-corrected chi connectivity index (χ1v) is 16.4. The van der Waals surface area contributed by atoms with E-state index < -0.39 is 6.10 Å². The number of hydrogen-bond donors (Lipinski definition) is 5. The van der Waals surface area contributed by atoms with E-state index in [2.05, 4.69) is 17.6 Å². The van der Waals surface area contributed by atoms with Crippen LogP contribution in [-0.2, 0) is 16.0 Å². The Morgan fingerprint density at radius 3 is 2.64 bits per heavy atom. The van der Waals surface area contributed by atoms with E-state index in [1.807, 2.05) is 12.1 Å². The molecule has 1 aliphatic heterocycles. The lowest BCUT2D eigenvalue weighted by atomic mass is 9.72. The first-order valence-electron chi connectivity index (χ1n) is 16.4. The maximum Gasteiger partial charge on any atom is 0.302 e. The Morgan fingerprint density at radius 2 is 1.90 bits per heavy atom. The number of nitrogens with one attached hydrogen (secondary N) is 2. The van der Waals surface area contributed by atoms with Crippen LogP contribution in [0.1, 0.15) is 96.5 Å². The number of aliphatic imine (C=N–C) groups is 1. The maximum atomic E-state index is 11.9. The quantitative estimate of drug-likeness (QED) is 0.138. The van der Waals surface area contributed by atoms with Gasteiger partial charge in [-0.1, -0.05) is 38.7 Å². The zero-order valence-electron chi connectivity index (χ0n) is 25.7. The Bertz CT molecular complexity index is 1010. The molecular weight excluding hydrogens is 532 g/mol. The van der Waals surface area contributed by atoms with Crippen LogP contribution in [0.2, 0.25) is 0 Å². The number of piperidine rings is 1. The van der Waals surface area contributed by atoms with Crippen molar-refractivity contribution < 1.29 is 24.5 Å². The van der Waals surface area contributed by atoms with Gasteiger partial charge in [-0.15, -0.1) is 0 Å². The van der Waals surface area contributed by atoms with Crippen molar-refractivity contribution in [3.8, 4) is 11.5 Å². The third kappa shape index (κ3) is 10.3. The predicted octanol–water partition coefficient (Wildman–Crippen LogP) is 4.43. The molecule has 3 aliphatic rings. The molecule has 2 saturated carbocycles. The van der Waals surface area contributed by atoms with Crippen molar-refractivity contribution in [3.63, 3.8) is 0 Å². The highest BCUT2D eigenvalue weighted by molar-refractivity contribution is 5.78. The standard InChI is InChI=1S/C33H54N4O5/c1-22-8-11-25(19-26(22)21-36-33(34)37-27-6-4-3-5-7-27)31(40)20-29(41-23(2)38)12-9-24-10-13-30(39)32(18-24)42-28-14-16-35-17-15-28/h10,13,18,22,25-29,31,35,39-40H,3-9,11-12,14-17,19-21H2,1-2H3,(H3,34,36,37). The Balaban J connectivity index is 1.29. The molecule has 0 spiro atoms. The van der Waals surface area contributed by atoms with Crippen LogP contribution < -0.4 is 21.1 Å². The molecule has 0 radical (unpaired) electrons. The molecule has 0 amide bonds. The summed E-state index contributed by atoms with van der Waals surface area (Å²) in [5, 5.41) is 28.4. The number of benzene rings is 1. The third-order valence-corrected chi connectivity index (χ3v) is 9.60. The number of esters is 1. The monoisotopic (exact) mass is 586 g/mol. The molecule has 9 nitrogen and oxygen atoms in total. The average molecular weight is 587 g/mol. The minimum atomic E-state index is -0.551. The van der Waals surface area contributed by atoms with E-state index >= 15 is 0 Å². The summed E-state index contributed by atoms with van der Waals surface area (Å²) in [5.41, 5.74) is 7.24. The number of ether oxygens (including phenoxy) is 2. The molecule has 9 heteroatoms. The van der Waals surface area contributed by atoms with Crippen LogP contribution in [0.5, 0.6) is 11.5 Å². The number of aryl methyl sites for hydroxylation is 1. The maximum absolute atomic E-state index is 11.9. The highest BCUT2D eigenvalue weighted by atomic mass is 16.5. The van der Waals surface area contributed by atoms with Gasteiger partial charge in [-0.2, -0.15) is 0 Å². The van der Waals surface area contributed by atoms with Gasteiger partial charge >= 0.3 is 5.97 Å². The second-order valence-corrected chi connectivity index (χ2v) is 13.0. The van der Waals surface area contributed by atoms with Gasteiger partial charge in [-0.05, 0) is 99.9 Å². The smallest absolute Gasteiger partial charge is 0.302 e. The van der Waals surface area contributed by atoms with Crippen molar-refractivity contribution in [1.29, 1.82) is 0 Å². The molecule has 42 heavy (non-hydrogen) atoms. The number of aliphatic hydroxyl groups excluding tert-OH is 1. The summed E-state index contributed by atoms with van der Waals surface area (Å²) in [5.74, 6) is 1.89. The zero-order valence-corrected chi connectivity index (χ0v) is 25.7. The fourth-order valence-electron chi connectivity index (χ4n) is 6.92. The number of guanidine groups is 1. The Morgan fingerprint density at radius 1 is 1.14 bits per heavy atom. The number of carbonyl (C=O) groups excluding carboxylic acids is 1. The van der Waals surface area contributed by atoms with Gasteiger partial charge in [0.25, 0.3) is 0 Å². The molecule has 1 heterocycles. The summed E-state index contributed by atoms with van der Waals surface area (Å²) < 4.78 is 11.8. The number of phenolic OH excluding ortho intramolecular Hbond substituents is 1. The predicted molar refractivity (Wildman–Crippen MR) is 166 cm³/mol. The van der Waals surface area contributed by atoms with E-state index in [1.54, 1.807) is 6.07 Å². The molecule has 6 N–H and O–H groups in total. The van der Waals surface area contributed by atoms with Crippen LogP contribution in [0.3, 0.4) is 0 Å². The lowest BCUT2D eigenvalue weighted by Gasteiger charge is -2.36. The Labute approximate surface area is 252 Å². The van der Waals surface area contributed by atoms with E-state index in [4.69, 9.17) is 20.2 Å². The van der Waals surface area contributed by atoms with E-state index in [0.29, 0.717) is 55.4 Å². The normalized spacial score (nSPS) is 25.9. The summed E-state index contributed by atoms with van der Waals surface area (Å²) in [4.78, 5) is 16.6. The van der Waals surface area contributed by atoms with Crippen LogP contribution in [0, 0.1) is 17.8 Å². The van der Waals surface area contributed by atoms with Crippen molar-refractivity contribution in [2.45, 2.75) is 122 Å². The number of carbonyl (C=O) groups is 1. The van der Waals surface area contributed by atoms with Crippen LogP contribution in [-0.4, -0.2) is 66.1 Å². The van der Waals surface area contributed by atoms with Crippen molar-refractivity contribution in [1.82, 2.24) is 10.6 Å². The highest BCUT2D eigenvalue weighted by Gasteiger charge is 2.33. The van der Waals surface area contributed by atoms with Crippen LogP contribution in [0.4, 0.5) is 0 Å². The number of hydrogen-bond acceptors (Lipinski definition) is 7. The number of phenols is 1. The molecule has 3 fully saturated rings. The van der Waals surface area contributed by atoms with Gasteiger partial charge in [0.2, 0.25) is 0 Å². The molecule has 5 unspecified atom stereocenters. The SMILES string of the molecule is CC(=O)OC(CCc1ccc(O)c(OC2CCNCC2)c1)CC(O)C1CCC(C)C(CN=C(N)NC2CCCCC2)C1. The molecule has 1 saturated heterocycles. The second kappa shape index (κ2) is 16.4. The molecule has 0 bridgehead atoms. The minimum absolute atomic E-state index is 0.0914. The van der Waals surface area contributed by atoms with Crippen LogP contribution in [0.15, 0.2) is 23.2 Å². The third-order valence-electron chi connectivity index (χ3n) is 9.60. The van der Waals surface area contributed by atoms with Gasteiger partial charge in [-0.3, -0.25) is 9.79 Å². The van der Waals surface area contributed by atoms with Crippen LogP contribution >= 0.6 is 0 Å². The van der Waals surface area contributed by atoms with Crippen molar-refractivity contribution in [2.24, 2.45) is 28.5 Å². The molecule has 1 aromatic rings. The zero-order chi connectivity index (χ0) is 29.9. The first-order chi connectivity index (χ1) is 20.3. The van der Waals surface area contributed by atoms with E-state index in [9.17, 15) is 15.0 Å². The van der Waals surface area contributed by atoms with Gasteiger partial charge in [-0.25, -0.2) is 0 Å². The Kier molecular flexibility index (Phi) is 12.6. The number of nitrogens with two attached hydrogens (primary N) is 1. The Hall–Kier alpha value is -2.52. The van der Waals surface area contributed by atoms with Gasteiger partial charge < -0.3 is 36.1 Å². The average Bonchev–Trinajstić information content (AvgIpc) is 2.97. The highest BCUT2D eigenvalue weighted by Crippen LogP contribution is 2.37. The number of nitrogens with zero attached hydrogens (tertiary/aromatic N) is 1. The van der Waals surface area contributed by atoms with E-state index in [-0.39, 0.29) is 29.8 Å². The first kappa shape index (κ1) is 32.4. The molecule has 236 valence electrons. The summed E-state index contributed by atoms with van der Waals surface area (Å²) in [6.07, 6.45) is 11.7. The topological polar surface area (TPSA) is 138 Å². The van der Waals surface area contributed by atoms with Gasteiger partial charge in [0.05, 0.1) is 6.10 Å². The summed E-state index contributed by atoms with van der Waals surface area (Å²) in [7, 11) is 0. The summed E-state index contributed by atoms with van der Waals surface area (Å²) in [6.45, 7) is 6.20. The van der Waals surface area contributed by atoms with Crippen molar-refractivity contribution in [2.75, 3.05) is 19.6 Å². The summed E-state index contributed by atoms with van der Waals surface area (Å²) >= 11 is 0. The van der Waals surface area contributed by atoms with Gasteiger partial charge in [0, 0.05) is 25.9 Å². The fourth-order valence-corrected chi connectivity index (χ4v) is 6.92. The second-order valence-electron chi connectivity index (χ2n) is 13.0. The van der Waals surface area contributed by atoms with Crippen molar-refractivity contribution in [3.05, 3.63) is 23.8 Å². The van der Waals surface area contributed by atoms with E-state index in [0.717, 1.165) is 63.6 Å². The lowest BCUT2D eigenvalue weighted by Crippen LogP contribution is -2.41. The number of rotatable bonds is 12. The fraction of sp³-hybridized carbons (Fsp3) is 0.758. The van der Waals surface area contributed by atoms with E-state index in [1.165, 1.54) is 26.2 Å². The number of aromatic hydroxyl groups is 1. The number of aliphatic hydroxyl groups is 1.